The maximum absolute atomic E-state index is 13.7. The fourth-order valence-corrected chi connectivity index (χ4v) is 6.03. The number of rotatable bonds is 6. The number of carbonyl (C=O) groups is 3. The van der Waals surface area contributed by atoms with Gasteiger partial charge < -0.3 is 24.2 Å². The largest absolute Gasteiger partial charge is 0.497 e. The molecule has 9 nitrogen and oxygen atoms in total. The molecule has 3 heterocycles. The molecule has 2 saturated heterocycles. The van der Waals surface area contributed by atoms with Crippen molar-refractivity contribution in [3.63, 3.8) is 0 Å². The van der Waals surface area contributed by atoms with Crippen LogP contribution in [0.1, 0.15) is 24.0 Å². The molecular weight excluding hydrogens is 520 g/mol. The zero-order valence-corrected chi connectivity index (χ0v) is 23.8. The smallest absolute Gasteiger partial charge is 0.236 e. The van der Waals surface area contributed by atoms with Crippen molar-refractivity contribution in [3.05, 3.63) is 71.8 Å². The van der Waals surface area contributed by atoms with E-state index in [4.69, 9.17) is 9.47 Å². The highest BCUT2D eigenvalue weighted by Crippen LogP contribution is 2.30. The normalized spacial score (nSPS) is 22.9. The molecule has 3 aliphatic heterocycles. The lowest BCUT2D eigenvalue weighted by molar-refractivity contribution is -0.138. The van der Waals surface area contributed by atoms with Gasteiger partial charge in [-0.05, 0) is 42.0 Å². The van der Waals surface area contributed by atoms with Crippen LogP contribution in [0.4, 0.5) is 0 Å². The number of benzene rings is 2. The Labute approximate surface area is 242 Å². The predicted octanol–water partition coefficient (Wildman–Crippen LogP) is 2.80. The molecule has 41 heavy (non-hydrogen) atoms. The highest BCUT2D eigenvalue weighted by atomic mass is 16.5. The molecule has 0 spiro atoms. The van der Waals surface area contributed by atoms with Crippen LogP contribution in [0, 0.1) is 11.8 Å². The van der Waals surface area contributed by atoms with E-state index in [0.717, 1.165) is 35.5 Å². The minimum absolute atomic E-state index is 0.0688. The number of hydrogen-bond donors (Lipinski definition) is 0. The summed E-state index contributed by atoms with van der Waals surface area (Å²) in [6, 6.07) is 15.9. The maximum atomic E-state index is 13.7. The first-order valence-electron chi connectivity index (χ1n) is 14.5. The zero-order valence-electron chi connectivity index (χ0n) is 23.8. The Hall–Kier alpha value is -3.85. The summed E-state index contributed by atoms with van der Waals surface area (Å²) < 4.78 is 11.6. The van der Waals surface area contributed by atoms with Crippen LogP contribution >= 0.6 is 0 Å². The fraction of sp³-hybridized carbons (Fsp3) is 0.469. The lowest BCUT2D eigenvalue weighted by Gasteiger charge is -2.39. The first kappa shape index (κ1) is 28.7. The standard InChI is InChI=1S/C32H40N4O5/c1-40-29-9-4-6-25(18-29)20-34-21-28-7-2-3-10-30(28)41-17-5-8-27-22-36(32(39)23-34)12-11-26(27)19-31(38)35-15-13-33(24-37)14-16-35/h2-10,18,24,26-27H,11-17,19-23H2,1H3/b8-5+/t26-,27-/m0/s1. The Balaban J connectivity index is 1.32. The van der Waals surface area contributed by atoms with Gasteiger partial charge in [-0.2, -0.15) is 0 Å². The maximum Gasteiger partial charge on any atom is 0.236 e. The van der Waals surface area contributed by atoms with E-state index in [-0.39, 0.29) is 30.2 Å². The van der Waals surface area contributed by atoms with Gasteiger partial charge in [0, 0.05) is 64.3 Å². The fourth-order valence-electron chi connectivity index (χ4n) is 6.03. The van der Waals surface area contributed by atoms with Crippen molar-refractivity contribution in [1.29, 1.82) is 0 Å². The first-order chi connectivity index (χ1) is 20.0. The van der Waals surface area contributed by atoms with Crippen molar-refractivity contribution in [3.8, 4) is 11.5 Å². The van der Waals surface area contributed by atoms with Gasteiger partial charge in [0.25, 0.3) is 0 Å². The second-order valence-corrected chi connectivity index (χ2v) is 11.1. The second-order valence-electron chi connectivity index (χ2n) is 11.1. The topological polar surface area (TPSA) is 82.6 Å². The van der Waals surface area contributed by atoms with Crippen LogP contribution in [-0.2, 0) is 27.5 Å². The highest BCUT2D eigenvalue weighted by molar-refractivity contribution is 5.79. The van der Waals surface area contributed by atoms with Gasteiger partial charge >= 0.3 is 0 Å². The van der Waals surface area contributed by atoms with Gasteiger partial charge in [0.05, 0.1) is 13.7 Å². The molecule has 0 saturated carbocycles. The summed E-state index contributed by atoms with van der Waals surface area (Å²) in [5.41, 5.74) is 2.11. The van der Waals surface area contributed by atoms with Crippen LogP contribution < -0.4 is 9.47 Å². The third-order valence-corrected chi connectivity index (χ3v) is 8.40. The number of fused-ring (bicyclic) bond motifs is 3. The van der Waals surface area contributed by atoms with Gasteiger partial charge in [-0.3, -0.25) is 19.3 Å². The van der Waals surface area contributed by atoms with Crippen molar-refractivity contribution in [1.82, 2.24) is 19.6 Å². The summed E-state index contributed by atoms with van der Waals surface area (Å²) in [5, 5.41) is 0. The number of ether oxygens (including phenoxy) is 2. The minimum atomic E-state index is 0.0688. The summed E-state index contributed by atoms with van der Waals surface area (Å²) >= 11 is 0. The van der Waals surface area contributed by atoms with Crippen molar-refractivity contribution in [2.45, 2.75) is 25.9 Å². The average molecular weight is 561 g/mol. The van der Waals surface area contributed by atoms with Crippen LogP contribution in [0.5, 0.6) is 11.5 Å². The van der Waals surface area contributed by atoms with E-state index in [1.165, 1.54) is 0 Å². The number of amides is 3. The van der Waals surface area contributed by atoms with Gasteiger partial charge in [0.1, 0.15) is 18.1 Å². The number of methoxy groups -OCH3 is 1. The van der Waals surface area contributed by atoms with Gasteiger partial charge in [-0.15, -0.1) is 0 Å². The Morgan fingerprint density at radius 2 is 1.88 bits per heavy atom. The van der Waals surface area contributed by atoms with E-state index in [0.29, 0.717) is 65.4 Å². The molecular formula is C32H40N4O5. The molecule has 2 aromatic carbocycles. The number of hydrogen-bond acceptors (Lipinski definition) is 6. The predicted molar refractivity (Wildman–Crippen MR) is 155 cm³/mol. The van der Waals surface area contributed by atoms with Crippen molar-refractivity contribution in [2.75, 3.05) is 59.5 Å². The van der Waals surface area contributed by atoms with Gasteiger partial charge in [0.15, 0.2) is 0 Å². The minimum Gasteiger partial charge on any atom is -0.497 e. The van der Waals surface area contributed by atoms with Crippen molar-refractivity contribution >= 4 is 18.2 Å². The molecule has 2 bridgehead atoms. The van der Waals surface area contributed by atoms with Crippen LogP contribution in [0.2, 0.25) is 0 Å². The molecule has 3 aliphatic rings. The van der Waals surface area contributed by atoms with Crippen molar-refractivity contribution in [2.24, 2.45) is 11.8 Å². The van der Waals surface area contributed by atoms with Crippen LogP contribution in [-0.4, -0.2) is 97.4 Å². The molecule has 0 radical (unpaired) electrons. The van der Waals surface area contributed by atoms with E-state index >= 15 is 0 Å². The summed E-state index contributed by atoms with van der Waals surface area (Å²) in [4.78, 5) is 45.6. The van der Waals surface area contributed by atoms with Crippen molar-refractivity contribution < 1.29 is 23.9 Å². The highest BCUT2D eigenvalue weighted by Gasteiger charge is 2.33. The van der Waals surface area contributed by atoms with E-state index in [1.54, 1.807) is 12.0 Å². The summed E-state index contributed by atoms with van der Waals surface area (Å²) in [5.74, 6) is 2.05. The molecule has 2 atom stereocenters. The monoisotopic (exact) mass is 560 g/mol. The number of piperazine rings is 1. The molecule has 0 aliphatic carbocycles. The van der Waals surface area contributed by atoms with E-state index in [9.17, 15) is 14.4 Å². The summed E-state index contributed by atoms with van der Waals surface area (Å²) in [6.07, 6.45) is 6.24. The molecule has 2 aromatic rings. The third kappa shape index (κ3) is 7.47. The van der Waals surface area contributed by atoms with Gasteiger partial charge in [0.2, 0.25) is 18.2 Å². The van der Waals surface area contributed by atoms with Crippen LogP contribution in [0.15, 0.2) is 60.7 Å². The number of para-hydroxylation sites is 1. The zero-order chi connectivity index (χ0) is 28.6. The Morgan fingerprint density at radius 1 is 1.05 bits per heavy atom. The van der Waals surface area contributed by atoms with E-state index in [1.807, 2.05) is 52.3 Å². The van der Waals surface area contributed by atoms with Crippen LogP contribution in [0.3, 0.4) is 0 Å². The molecule has 2 fully saturated rings. The summed E-state index contributed by atoms with van der Waals surface area (Å²) in [7, 11) is 1.66. The van der Waals surface area contributed by atoms with Crippen LogP contribution in [0.25, 0.3) is 0 Å². The molecule has 218 valence electrons. The SMILES string of the molecule is COc1cccc(CN2CC(=O)N3CC[C@@H](CC(=O)N4CCN(C=O)CC4)[C@@H](/C=C/COc4ccccc4C2)C3)c1. The molecule has 9 heteroatoms. The van der Waals surface area contributed by atoms with Gasteiger partial charge in [-0.1, -0.05) is 42.5 Å². The Kier molecular flexibility index (Phi) is 9.56. The number of piperidine rings is 1. The molecule has 0 N–H and O–H groups in total. The quantitative estimate of drug-likeness (QED) is 0.399. The number of carbonyl (C=O) groups excluding carboxylic acids is 3. The second kappa shape index (κ2) is 13.7. The van der Waals surface area contributed by atoms with E-state index < -0.39 is 0 Å². The summed E-state index contributed by atoms with van der Waals surface area (Å²) in [6.45, 7) is 5.42. The molecule has 0 aromatic heterocycles. The van der Waals surface area contributed by atoms with E-state index in [2.05, 4.69) is 23.1 Å². The number of nitrogens with zero attached hydrogens (tertiary/aromatic N) is 4. The molecule has 3 amide bonds. The lowest BCUT2D eigenvalue weighted by Crippen LogP contribution is -2.50. The molecule has 5 rings (SSSR count). The average Bonchev–Trinajstić information content (AvgIpc) is 3.01. The Bertz CT molecular complexity index is 1240. The molecule has 0 unspecified atom stereocenters. The Morgan fingerprint density at radius 3 is 2.68 bits per heavy atom. The first-order valence-corrected chi connectivity index (χ1v) is 14.5. The lowest BCUT2D eigenvalue weighted by atomic mass is 9.82. The van der Waals surface area contributed by atoms with Gasteiger partial charge in [-0.25, -0.2) is 0 Å². The third-order valence-electron chi connectivity index (χ3n) is 8.40.